The van der Waals surface area contributed by atoms with Crippen LogP contribution in [0.15, 0.2) is 16.7 Å². The number of aryl methyl sites for hydroxylation is 1. The Morgan fingerprint density at radius 1 is 1.29 bits per heavy atom. The van der Waals surface area contributed by atoms with E-state index in [1.165, 1.54) is 12.3 Å². The van der Waals surface area contributed by atoms with Gasteiger partial charge in [-0.15, -0.1) is 0 Å². The lowest BCUT2D eigenvalue weighted by atomic mass is 9.91. The van der Waals surface area contributed by atoms with E-state index in [9.17, 15) is 14.4 Å². The lowest BCUT2D eigenvalue weighted by Crippen LogP contribution is -2.53. The first kappa shape index (κ1) is 21.9. The normalized spacial score (nSPS) is 21.4. The van der Waals surface area contributed by atoms with Crippen LogP contribution in [-0.4, -0.2) is 42.6 Å². The predicted molar refractivity (Wildman–Crippen MR) is 102 cm³/mol. The van der Waals surface area contributed by atoms with Crippen molar-refractivity contribution in [2.45, 2.75) is 65.6 Å². The summed E-state index contributed by atoms with van der Waals surface area (Å²) in [6.45, 7) is 9.71. The topological polar surface area (TPSA) is 107 Å². The molecule has 8 heteroatoms. The molecule has 0 spiro atoms. The van der Waals surface area contributed by atoms with Crippen molar-refractivity contribution in [1.29, 1.82) is 0 Å². The predicted octanol–water partition coefficient (Wildman–Crippen LogP) is 2.59. The second-order valence-electron chi connectivity index (χ2n) is 7.69. The molecule has 1 saturated heterocycles. The highest BCUT2D eigenvalue weighted by atomic mass is 16.6. The molecule has 1 aliphatic heterocycles. The molecule has 4 atom stereocenters. The number of ketones is 1. The highest BCUT2D eigenvalue weighted by Gasteiger charge is 2.35. The summed E-state index contributed by atoms with van der Waals surface area (Å²) in [5, 5.41) is 5.32. The summed E-state index contributed by atoms with van der Waals surface area (Å²) in [6.07, 6.45) is 1.45. The van der Waals surface area contributed by atoms with Gasteiger partial charge in [0.1, 0.15) is 24.5 Å². The molecule has 8 nitrogen and oxygen atoms in total. The number of Topliss-reactive ketones (excluding diaryl/α,β-unsaturated/α-hetero) is 1. The Labute approximate surface area is 165 Å². The number of nitrogens with one attached hydrogen (secondary N) is 2. The second kappa shape index (κ2) is 9.73. The van der Waals surface area contributed by atoms with Gasteiger partial charge < -0.3 is 24.5 Å². The van der Waals surface area contributed by atoms with Crippen LogP contribution in [0.25, 0.3) is 0 Å². The summed E-state index contributed by atoms with van der Waals surface area (Å²) in [6, 6.07) is 0.00841. The fraction of sp³-hybridized carbons (Fsp3) is 0.650. The number of carbonyl (C=O) groups excluding carboxylic acids is 3. The van der Waals surface area contributed by atoms with E-state index >= 15 is 0 Å². The molecule has 0 saturated carbocycles. The van der Waals surface area contributed by atoms with Crippen molar-refractivity contribution in [3.63, 3.8) is 0 Å². The molecule has 1 fully saturated rings. The van der Waals surface area contributed by atoms with Crippen molar-refractivity contribution in [3.8, 4) is 5.75 Å². The Balaban J connectivity index is 2.02. The minimum atomic E-state index is -0.818. The summed E-state index contributed by atoms with van der Waals surface area (Å²) in [5.41, 5.74) is 0. The molecule has 2 amide bonds. The molecular formula is C20H30N2O6. The Kier molecular flexibility index (Phi) is 7.62. The molecule has 0 aliphatic carbocycles. The van der Waals surface area contributed by atoms with Gasteiger partial charge in [-0.2, -0.15) is 0 Å². The number of carbonyl (C=O) groups is 3. The summed E-state index contributed by atoms with van der Waals surface area (Å²) >= 11 is 0. The minimum absolute atomic E-state index is 0.0175. The zero-order chi connectivity index (χ0) is 20.8. The van der Waals surface area contributed by atoms with Crippen LogP contribution < -0.4 is 15.4 Å². The first-order valence-corrected chi connectivity index (χ1v) is 9.66. The van der Waals surface area contributed by atoms with Crippen molar-refractivity contribution in [2.75, 3.05) is 6.61 Å². The molecule has 156 valence electrons. The van der Waals surface area contributed by atoms with Crippen LogP contribution in [-0.2, 0) is 14.3 Å². The van der Waals surface area contributed by atoms with Gasteiger partial charge in [0.15, 0.2) is 11.5 Å². The largest absolute Gasteiger partial charge is 0.466 e. The van der Waals surface area contributed by atoms with Crippen LogP contribution >= 0.6 is 0 Å². The zero-order valence-electron chi connectivity index (χ0n) is 17.1. The number of hydrogen-bond acceptors (Lipinski definition) is 6. The number of furan rings is 1. The van der Waals surface area contributed by atoms with E-state index in [0.29, 0.717) is 29.8 Å². The van der Waals surface area contributed by atoms with E-state index in [2.05, 4.69) is 31.4 Å². The Morgan fingerprint density at radius 3 is 2.54 bits per heavy atom. The number of hydrogen-bond donors (Lipinski definition) is 2. The third kappa shape index (κ3) is 5.82. The van der Waals surface area contributed by atoms with Crippen LogP contribution in [0.2, 0.25) is 0 Å². The number of amides is 2. The summed E-state index contributed by atoms with van der Waals surface area (Å²) in [5.74, 6) is 0.986. The van der Waals surface area contributed by atoms with Crippen LogP contribution in [0.4, 0.5) is 4.79 Å². The van der Waals surface area contributed by atoms with Crippen molar-refractivity contribution < 1.29 is 28.3 Å². The van der Waals surface area contributed by atoms with Gasteiger partial charge in [-0.25, -0.2) is 4.79 Å². The van der Waals surface area contributed by atoms with E-state index in [0.717, 1.165) is 6.42 Å². The Hall–Kier alpha value is -2.35. The third-order valence-electron chi connectivity index (χ3n) is 5.27. The molecule has 1 aromatic rings. The highest BCUT2D eigenvalue weighted by molar-refractivity contribution is 5.94. The van der Waals surface area contributed by atoms with Gasteiger partial charge in [-0.3, -0.25) is 9.59 Å². The van der Waals surface area contributed by atoms with Gasteiger partial charge in [0, 0.05) is 6.07 Å². The van der Waals surface area contributed by atoms with Gasteiger partial charge in [0.2, 0.25) is 5.91 Å². The lowest BCUT2D eigenvalue weighted by molar-refractivity contribution is -0.127. The standard InChI is InChI=1S/C20H30N2O6/c1-11(2)12(3)6-7-15(19(24)22-18-14(5)27-10-16(18)23)21-20(25)28-17-8-9-26-13(17)4/h8-9,11-12,14-15,18H,6-7,10H2,1-5H3,(H,21,25)(H,22,24)/t12?,14-,15-,18-/m0/s1. The van der Waals surface area contributed by atoms with E-state index < -0.39 is 30.2 Å². The molecule has 2 rings (SSSR count). The van der Waals surface area contributed by atoms with Crippen molar-refractivity contribution in [1.82, 2.24) is 10.6 Å². The molecular weight excluding hydrogens is 364 g/mol. The van der Waals surface area contributed by atoms with Crippen LogP contribution in [0.3, 0.4) is 0 Å². The maximum Gasteiger partial charge on any atom is 0.413 e. The summed E-state index contributed by atoms with van der Waals surface area (Å²) < 4.78 is 15.6. The van der Waals surface area contributed by atoms with Gasteiger partial charge in [0.25, 0.3) is 0 Å². The first-order chi connectivity index (χ1) is 13.2. The summed E-state index contributed by atoms with van der Waals surface area (Å²) in [4.78, 5) is 37.0. The molecule has 0 aromatic carbocycles. The fourth-order valence-corrected chi connectivity index (χ4v) is 2.90. The molecule has 1 aromatic heterocycles. The molecule has 1 aliphatic rings. The van der Waals surface area contributed by atoms with Crippen LogP contribution in [0.5, 0.6) is 5.75 Å². The molecule has 0 bridgehead atoms. The molecule has 28 heavy (non-hydrogen) atoms. The number of rotatable bonds is 8. The smallest absolute Gasteiger partial charge is 0.413 e. The van der Waals surface area contributed by atoms with E-state index in [4.69, 9.17) is 13.9 Å². The summed E-state index contributed by atoms with van der Waals surface area (Å²) in [7, 11) is 0. The van der Waals surface area contributed by atoms with Gasteiger partial charge in [-0.1, -0.05) is 20.8 Å². The molecule has 2 heterocycles. The minimum Gasteiger partial charge on any atom is -0.466 e. The maximum atomic E-state index is 12.8. The van der Waals surface area contributed by atoms with Crippen molar-refractivity contribution in [3.05, 3.63) is 18.1 Å². The highest BCUT2D eigenvalue weighted by Crippen LogP contribution is 2.20. The van der Waals surface area contributed by atoms with E-state index in [1.807, 2.05) is 0 Å². The van der Waals surface area contributed by atoms with Gasteiger partial charge in [0.05, 0.1) is 12.4 Å². The monoisotopic (exact) mass is 394 g/mol. The van der Waals surface area contributed by atoms with Gasteiger partial charge in [-0.05, 0) is 38.5 Å². The molecule has 0 radical (unpaired) electrons. The molecule has 2 N–H and O–H groups in total. The average molecular weight is 394 g/mol. The maximum absolute atomic E-state index is 12.8. The SMILES string of the molecule is Cc1occc1OC(=O)N[C@@H](CCC(C)C(C)C)C(=O)N[C@@H]1C(=O)CO[C@H]1C. The fourth-order valence-electron chi connectivity index (χ4n) is 2.90. The van der Waals surface area contributed by atoms with Gasteiger partial charge >= 0.3 is 6.09 Å². The van der Waals surface area contributed by atoms with Crippen molar-refractivity contribution >= 4 is 17.8 Å². The number of ether oxygens (including phenoxy) is 2. The Bertz CT molecular complexity index is 699. The first-order valence-electron chi connectivity index (χ1n) is 9.66. The average Bonchev–Trinajstić information content (AvgIpc) is 3.17. The second-order valence-corrected chi connectivity index (χ2v) is 7.69. The van der Waals surface area contributed by atoms with E-state index in [-0.39, 0.29) is 12.4 Å². The quantitative estimate of drug-likeness (QED) is 0.702. The zero-order valence-corrected chi connectivity index (χ0v) is 17.1. The molecule has 1 unspecified atom stereocenters. The Morgan fingerprint density at radius 2 is 2.00 bits per heavy atom. The van der Waals surface area contributed by atoms with Crippen molar-refractivity contribution in [2.24, 2.45) is 11.8 Å². The van der Waals surface area contributed by atoms with E-state index in [1.54, 1.807) is 13.8 Å². The third-order valence-corrected chi connectivity index (χ3v) is 5.27. The lowest BCUT2D eigenvalue weighted by Gasteiger charge is -2.23. The van der Waals surface area contributed by atoms with Crippen LogP contribution in [0, 0.1) is 18.8 Å². The van der Waals surface area contributed by atoms with Crippen LogP contribution in [0.1, 0.15) is 46.3 Å².